The van der Waals surface area contributed by atoms with Gasteiger partial charge in [0.15, 0.2) is 11.5 Å². The molecule has 0 fully saturated rings. The molecule has 0 radical (unpaired) electrons. The molecular formula is C23H25ClN8O. The fourth-order valence-corrected chi connectivity index (χ4v) is 3.40. The van der Waals surface area contributed by atoms with Crippen LogP contribution < -0.4 is 21.3 Å². The standard InChI is InChI=1S/C23H25ClN8O/c1-2-3-11-25-23(33)26-13-15-7-9-17(10-8-15)29-22-19-20(27-14-28-21(19)31-32-22)30-18-6-4-5-16(24)12-18/h4-10,12,14H,2-3,11,13H2,1H3,(H2,25,26,33)(H3,27,28,29,30,31,32). The van der Waals surface area contributed by atoms with Crippen molar-refractivity contribution in [3.05, 3.63) is 65.4 Å². The summed E-state index contributed by atoms with van der Waals surface area (Å²) in [6.45, 7) is 3.22. The first-order valence-electron chi connectivity index (χ1n) is 10.7. The van der Waals surface area contributed by atoms with Crippen molar-refractivity contribution in [2.75, 3.05) is 17.2 Å². The van der Waals surface area contributed by atoms with Crippen LogP contribution in [-0.2, 0) is 6.54 Å². The van der Waals surface area contributed by atoms with E-state index in [4.69, 9.17) is 11.6 Å². The molecule has 10 heteroatoms. The lowest BCUT2D eigenvalue weighted by Gasteiger charge is -2.10. The molecule has 5 N–H and O–H groups in total. The van der Waals surface area contributed by atoms with Crippen LogP contribution >= 0.6 is 11.6 Å². The second-order valence-electron chi connectivity index (χ2n) is 7.44. The maximum Gasteiger partial charge on any atom is 0.315 e. The van der Waals surface area contributed by atoms with Gasteiger partial charge in [0.05, 0.1) is 0 Å². The summed E-state index contributed by atoms with van der Waals surface area (Å²) in [7, 11) is 0. The van der Waals surface area contributed by atoms with Crippen LogP contribution in [0.4, 0.5) is 27.8 Å². The SMILES string of the molecule is CCCCNC(=O)NCc1ccc(Nc2n[nH]c3ncnc(Nc4cccc(Cl)c4)c23)cc1. The molecule has 0 saturated carbocycles. The van der Waals surface area contributed by atoms with Crippen LogP contribution in [0.1, 0.15) is 25.3 Å². The zero-order valence-corrected chi connectivity index (χ0v) is 18.9. The lowest BCUT2D eigenvalue weighted by Crippen LogP contribution is -2.35. The van der Waals surface area contributed by atoms with Gasteiger partial charge in [-0.05, 0) is 42.3 Å². The molecule has 0 unspecified atom stereocenters. The van der Waals surface area contributed by atoms with Crippen LogP contribution in [0.5, 0.6) is 0 Å². The van der Waals surface area contributed by atoms with Gasteiger partial charge in [-0.15, -0.1) is 0 Å². The van der Waals surface area contributed by atoms with Gasteiger partial charge in [-0.2, -0.15) is 5.10 Å². The number of benzene rings is 2. The van der Waals surface area contributed by atoms with Crippen molar-refractivity contribution in [3.63, 3.8) is 0 Å². The Morgan fingerprint density at radius 2 is 1.82 bits per heavy atom. The van der Waals surface area contributed by atoms with Crippen molar-refractivity contribution < 1.29 is 4.79 Å². The van der Waals surface area contributed by atoms with Crippen LogP contribution in [0.25, 0.3) is 11.0 Å². The minimum Gasteiger partial charge on any atom is -0.339 e. The normalized spacial score (nSPS) is 10.7. The average molecular weight is 465 g/mol. The maximum atomic E-state index is 11.8. The summed E-state index contributed by atoms with van der Waals surface area (Å²) in [6.07, 6.45) is 3.48. The summed E-state index contributed by atoms with van der Waals surface area (Å²) >= 11 is 6.10. The van der Waals surface area contributed by atoms with E-state index in [1.54, 1.807) is 0 Å². The average Bonchev–Trinajstić information content (AvgIpc) is 3.23. The number of carbonyl (C=O) groups is 1. The van der Waals surface area contributed by atoms with E-state index in [0.717, 1.165) is 35.2 Å². The van der Waals surface area contributed by atoms with Crippen molar-refractivity contribution in [2.24, 2.45) is 0 Å². The van der Waals surface area contributed by atoms with E-state index < -0.39 is 0 Å². The minimum atomic E-state index is -0.159. The Hall–Kier alpha value is -3.85. The lowest BCUT2D eigenvalue weighted by molar-refractivity contribution is 0.240. The Morgan fingerprint density at radius 1 is 1.00 bits per heavy atom. The van der Waals surface area contributed by atoms with Crippen molar-refractivity contribution in [1.29, 1.82) is 0 Å². The summed E-state index contributed by atoms with van der Waals surface area (Å²) in [5.74, 6) is 1.20. The van der Waals surface area contributed by atoms with Crippen LogP contribution in [0.2, 0.25) is 5.02 Å². The zero-order chi connectivity index (χ0) is 23.0. The zero-order valence-electron chi connectivity index (χ0n) is 18.2. The van der Waals surface area contributed by atoms with Gasteiger partial charge in [0.25, 0.3) is 0 Å². The van der Waals surface area contributed by atoms with Gasteiger partial charge in [0.1, 0.15) is 17.5 Å². The quantitative estimate of drug-likeness (QED) is 0.220. The molecule has 2 heterocycles. The molecule has 9 nitrogen and oxygen atoms in total. The smallest absolute Gasteiger partial charge is 0.315 e. The molecule has 170 valence electrons. The molecule has 0 spiro atoms. The van der Waals surface area contributed by atoms with Crippen LogP contribution in [0.3, 0.4) is 0 Å². The fourth-order valence-electron chi connectivity index (χ4n) is 3.21. The first kappa shape index (κ1) is 22.3. The van der Waals surface area contributed by atoms with Gasteiger partial charge in [-0.3, -0.25) is 5.10 Å². The van der Waals surface area contributed by atoms with Crippen LogP contribution in [-0.4, -0.2) is 32.7 Å². The van der Waals surface area contributed by atoms with Crippen LogP contribution in [0.15, 0.2) is 54.9 Å². The fraction of sp³-hybridized carbons (Fsp3) is 0.217. The van der Waals surface area contributed by atoms with E-state index in [2.05, 4.69) is 48.4 Å². The monoisotopic (exact) mass is 464 g/mol. The molecule has 2 amide bonds. The first-order valence-corrected chi connectivity index (χ1v) is 11.1. The number of H-pyrrole nitrogens is 1. The highest BCUT2D eigenvalue weighted by molar-refractivity contribution is 6.30. The first-order chi connectivity index (χ1) is 16.1. The van der Waals surface area contributed by atoms with Crippen LogP contribution in [0, 0.1) is 0 Å². The number of aromatic amines is 1. The van der Waals surface area contributed by atoms with E-state index in [1.165, 1.54) is 6.33 Å². The summed E-state index contributed by atoms with van der Waals surface area (Å²) in [6, 6.07) is 15.0. The van der Waals surface area contributed by atoms with Gasteiger partial charge < -0.3 is 21.3 Å². The lowest BCUT2D eigenvalue weighted by atomic mass is 10.2. The number of anilines is 4. The Balaban J connectivity index is 1.44. The number of nitrogens with one attached hydrogen (secondary N) is 5. The second kappa shape index (κ2) is 10.6. The van der Waals surface area contributed by atoms with Crippen molar-refractivity contribution in [2.45, 2.75) is 26.3 Å². The predicted molar refractivity (Wildman–Crippen MR) is 131 cm³/mol. The van der Waals surface area contributed by atoms with E-state index in [-0.39, 0.29) is 6.03 Å². The molecule has 0 bridgehead atoms. The van der Waals surface area contributed by atoms with Gasteiger partial charge in [0, 0.05) is 29.5 Å². The van der Waals surface area contributed by atoms with Crippen molar-refractivity contribution in [3.8, 4) is 0 Å². The van der Waals surface area contributed by atoms with Gasteiger partial charge in [0.2, 0.25) is 0 Å². The number of unbranched alkanes of at least 4 members (excludes halogenated alkanes) is 1. The molecule has 2 aromatic heterocycles. The predicted octanol–water partition coefficient (Wildman–Crippen LogP) is 5.09. The molecule has 33 heavy (non-hydrogen) atoms. The number of urea groups is 1. The Kier molecular flexibility index (Phi) is 7.21. The van der Waals surface area contributed by atoms with E-state index in [9.17, 15) is 4.79 Å². The number of rotatable bonds is 9. The Morgan fingerprint density at radius 3 is 2.61 bits per heavy atom. The summed E-state index contributed by atoms with van der Waals surface area (Å²) in [4.78, 5) is 20.4. The third-order valence-electron chi connectivity index (χ3n) is 4.93. The molecule has 0 aliphatic rings. The molecule has 0 aliphatic carbocycles. The highest BCUT2D eigenvalue weighted by atomic mass is 35.5. The van der Waals surface area contributed by atoms with E-state index in [1.807, 2.05) is 48.5 Å². The van der Waals surface area contributed by atoms with Crippen molar-refractivity contribution >= 4 is 51.7 Å². The highest BCUT2D eigenvalue weighted by Crippen LogP contribution is 2.30. The largest absolute Gasteiger partial charge is 0.339 e. The summed E-state index contributed by atoms with van der Waals surface area (Å²) < 4.78 is 0. The van der Waals surface area contributed by atoms with Gasteiger partial charge >= 0.3 is 6.03 Å². The third-order valence-corrected chi connectivity index (χ3v) is 5.17. The summed E-state index contributed by atoms with van der Waals surface area (Å²) in [5.41, 5.74) is 3.25. The second-order valence-corrected chi connectivity index (χ2v) is 7.87. The minimum absolute atomic E-state index is 0.159. The number of nitrogens with zero attached hydrogens (tertiary/aromatic N) is 3. The number of fused-ring (bicyclic) bond motifs is 1. The number of carbonyl (C=O) groups excluding carboxylic acids is 1. The maximum absolute atomic E-state index is 11.8. The molecule has 0 atom stereocenters. The molecule has 4 rings (SSSR count). The van der Waals surface area contributed by atoms with Gasteiger partial charge in [-0.25, -0.2) is 14.8 Å². The summed E-state index contributed by atoms with van der Waals surface area (Å²) in [5, 5.41) is 20.9. The number of hydrogen-bond acceptors (Lipinski definition) is 6. The topological polar surface area (TPSA) is 120 Å². The Bertz CT molecular complexity index is 1220. The third kappa shape index (κ3) is 5.89. The van der Waals surface area contributed by atoms with E-state index >= 15 is 0 Å². The molecular weight excluding hydrogens is 440 g/mol. The number of amides is 2. The number of hydrogen-bond donors (Lipinski definition) is 5. The van der Waals surface area contributed by atoms with E-state index in [0.29, 0.717) is 35.4 Å². The molecule has 4 aromatic rings. The van der Waals surface area contributed by atoms with Gasteiger partial charge in [-0.1, -0.05) is 43.1 Å². The number of halogens is 1. The van der Waals surface area contributed by atoms with Crippen molar-refractivity contribution in [1.82, 2.24) is 30.8 Å². The Labute approximate surface area is 196 Å². The molecule has 2 aromatic carbocycles. The molecule has 0 aliphatic heterocycles. The number of aromatic nitrogens is 4. The highest BCUT2D eigenvalue weighted by Gasteiger charge is 2.13. The molecule has 0 saturated heterocycles.